The molecule has 1 N–H and O–H groups in total. The quantitative estimate of drug-likeness (QED) is 0.855. The van der Waals surface area contributed by atoms with Gasteiger partial charge in [0.25, 0.3) is 10.0 Å². The van der Waals surface area contributed by atoms with E-state index in [1.807, 2.05) is 6.07 Å². The minimum Gasteiger partial charge on any atom is -0.352 e. The second-order valence-corrected chi connectivity index (χ2v) is 8.21. The summed E-state index contributed by atoms with van der Waals surface area (Å²) in [5.41, 5.74) is 0. The molecule has 1 aliphatic rings. The Labute approximate surface area is 153 Å². The number of nitrogens with one attached hydrogen (secondary N) is 1. The van der Waals surface area contributed by atoms with Crippen molar-refractivity contribution in [3.8, 4) is 0 Å². The first-order valence-electron chi connectivity index (χ1n) is 8.38. The van der Waals surface area contributed by atoms with E-state index in [0.29, 0.717) is 11.1 Å². The third-order valence-corrected chi connectivity index (χ3v) is 6.03. The summed E-state index contributed by atoms with van der Waals surface area (Å²) in [7, 11) is -3.71. The fourth-order valence-electron chi connectivity index (χ4n) is 3.07. The van der Waals surface area contributed by atoms with Crippen LogP contribution >= 0.6 is 11.6 Å². The Balaban J connectivity index is 1.75. The third kappa shape index (κ3) is 4.22. The lowest BCUT2D eigenvalue weighted by molar-refractivity contribution is 0.445. The Kier molecular flexibility index (Phi) is 5.44. The molecular weight excluding hydrogens is 360 g/mol. The summed E-state index contributed by atoms with van der Waals surface area (Å²) in [5.74, 6) is 0.991. The number of halogens is 1. The van der Waals surface area contributed by atoms with Gasteiger partial charge in [-0.25, -0.2) is 8.42 Å². The van der Waals surface area contributed by atoms with E-state index >= 15 is 0 Å². The minimum atomic E-state index is -3.71. The molecule has 0 spiro atoms. The smallest absolute Gasteiger partial charge is 0.263 e. The van der Waals surface area contributed by atoms with Gasteiger partial charge in [-0.05, 0) is 62.1 Å². The highest BCUT2D eigenvalue weighted by molar-refractivity contribution is 7.92. The van der Waals surface area contributed by atoms with Gasteiger partial charge in [0.15, 0.2) is 11.6 Å². The van der Waals surface area contributed by atoms with Gasteiger partial charge in [0.2, 0.25) is 0 Å². The first-order valence-corrected chi connectivity index (χ1v) is 10.2. The van der Waals surface area contributed by atoms with Crippen molar-refractivity contribution in [2.24, 2.45) is 0 Å². The molecular formula is C17H21ClN4O2S. The van der Waals surface area contributed by atoms with E-state index in [9.17, 15) is 8.42 Å². The van der Waals surface area contributed by atoms with E-state index in [2.05, 4.69) is 26.7 Å². The number of nitrogens with zero attached hydrogens (tertiary/aromatic N) is 3. The van der Waals surface area contributed by atoms with Crippen molar-refractivity contribution >= 4 is 33.3 Å². The van der Waals surface area contributed by atoms with E-state index in [4.69, 9.17) is 11.6 Å². The Morgan fingerprint density at radius 2 is 1.92 bits per heavy atom. The SMILES string of the molecule is CCC1CCCCN1c1ccc(NS(=O)(=O)c2ccc(Cl)cc2)nn1. The van der Waals surface area contributed by atoms with Crippen LogP contribution in [0, 0.1) is 0 Å². The molecule has 0 aliphatic carbocycles. The molecule has 0 radical (unpaired) electrons. The van der Waals surface area contributed by atoms with E-state index < -0.39 is 10.0 Å². The standard InChI is InChI=1S/C17H21ClN4O2S/c1-2-14-5-3-4-12-22(14)17-11-10-16(19-20-17)21-25(23,24)15-8-6-13(18)7-9-15/h6-11,14H,2-5,12H2,1H3,(H,19,21). The van der Waals surface area contributed by atoms with Gasteiger partial charge in [-0.1, -0.05) is 18.5 Å². The number of rotatable bonds is 5. The number of aromatic nitrogens is 2. The van der Waals surface area contributed by atoms with Crippen LogP contribution in [0.15, 0.2) is 41.3 Å². The van der Waals surface area contributed by atoms with Crippen LogP contribution in [-0.2, 0) is 10.0 Å². The predicted molar refractivity (Wildman–Crippen MR) is 99.6 cm³/mol. The average molecular weight is 381 g/mol. The molecule has 134 valence electrons. The fourth-order valence-corrected chi connectivity index (χ4v) is 4.19. The topological polar surface area (TPSA) is 75.2 Å². The lowest BCUT2D eigenvalue weighted by Crippen LogP contribution is -2.39. The van der Waals surface area contributed by atoms with Crippen LogP contribution in [-0.4, -0.2) is 31.2 Å². The zero-order valence-corrected chi connectivity index (χ0v) is 15.6. The molecule has 1 aromatic carbocycles. The summed E-state index contributed by atoms with van der Waals surface area (Å²) in [6.45, 7) is 3.13. The van der Waals surface area contributed by atoms with Crippen LogP contribution < -0.4 is 9.62 Å². The number of benzene rings is 1. The molecule has 0 bridgehead atoms. The molecule has 6 nitrogen and oxygen atoms in total. The first-order chi connectivity index (χ1) is 12.0. The summed E-state index contributed by atoms with van der Waals surface area (Å²) in [5, 5.41) is 8.74. The molecule has 1 aliphatic heterocycles. The van der Waals surface area contributed by atoms with Crippen LogP contribution in [0.1, 0.15) is 32.6 Å². The number of hydrogen-bond acceptors (Lipinski definition) is 5. The Morgan fingerprint density at radius 3 is 2.56 bits per heavy atom. The van der Waals surface area contributed by atoms with Crippen LogP contribution in [0.4, 0.5) is 11.6 Å². The van der Waals surface area contributed by atoms with Crippen molar-refractivity contribution in [3.63, 3.8) is 0 Å². The van der Waals surface area contributed by atoms with Gasteiger partial charge in [0.1, 0.15) is 0 Å². The number of anilines is 2. The number of piperidine rings is 1. The number of sulfonamides is 1. The lowest BCUT2D eigenvalue weighted by Gasteiger charge is -2.35. The van der Waals surface area contributed by atoms with Gasteiger partial charge in [-0.15, -0.1) is 10.2 Å². The summed E-state index contributed by atoms with van der Waals surface area (Å²) in [6, 6.07) is 9.91. The Morgan fingerprint density at radius 1 is 1.16 bits per heavy atom. The molecule has 1 fully saturated rings. The van der Waals surface area contributed by atoms with Crippen LogP contribution in [0.25, 0.3) is 0 Å². The van der Waals surface area contributed by atoms with Crippen molar-refractivity contribution in [1.82, 2.24) is 10.2 Å². The third-order valence-electron chi connectivity index (χ3n) is 4.41. The summed E-state index contributed by atoms with van der Waals surface area (Å²) in [6.07, 6.45) is 4.60. The van der Waals surface area contributed by atoms with Crippen molar-refractivity contribution in [2.45, 2.75) is 43.5 Å². The second kappa shape index (κ2) is 7.58. The van der Waals surface area contributed by atoms with Gasteiger partial charge in [0.05, 0.1) is 4.90 Å². The summed E-state index contributed by atoms with van der Waals surface area (Å²) < 4.78 is 27.2. The van der Waals surface area contributed by atoms with Gasteiger partial charge < -0.3 is 4.90 Å². The molecule has 8 heteroatoms. The van der Waals surface area contributed by atoms with Gasteiger partial charge in [0, 0.05) is 17.6 Å². The fraction of sp³-hybridized carbons (Fsp3) is 0.412. The maximum absolute atomic E-state index is 12.4. The van der Waals surface area contributed by atoms with Crippen molar-refractivity contribution in [2.75, 3.05) is 16.2 Å². The maximum Gasteiger partial charge on any atom is 0.263 e. The summed E-state index contributed by atoms with van der Waals surface area (Å²) >= 11 is 5.79. The molecule has 1 atom stereocenters. The lowest BCUT2D eigenvalue weighted by atomic mass is 10.0. The number of hydrogen-bond donors (Lipinski definition) is 1. The Hall–Kier alpha value is -1.86. The second-order valence-electron chi connectivity index (χ2n) is 6.09. The molecule has 0 amide bonds. The monoisotopic (exact) mass is 380 g/mol. The van der Waals surface area contributed by atoms with E-state index in [1.54, 1.807) is 6.07 Å². The molecule has 1 unspecified atom stereocenters. The van der Waals surface area contributed by atoms with Gasteiger partial charge >= 0.3 is 0 Å². The molecule has 1 aromatic heterocycles. The molecule has 1 saturated heterocycles. The highest BCUT2D eigenvalue weighted by atomic mass is 35.5. The Bertz CT molecular complexity index is 810. The van der Waals surface area contributed by atoms with Gasteiger partial charge in [-0.2, -0.15) is 0 Å². The first kappa shape index (κ1) is 17.9. The van der Waals surface area contributed by atoms with Crippen LogP contribution in [0.3, 0.4) is 0 Å². The van der Waals surface area contributed by atoms with E-state index in [-0.39, 0.29) is 10.7 Å². The average Bonchev–Trinajstić information content (AvgIpc) is 2.62. The van der Waals surface area contributed by atoms with E-state index in [1.165, 1.54) is 30.7 Å². The van der Waals surface area contributed by atoms with Crippen molar-refractivity contribution in [3.05, 3.63) is 41.4 Å². The van der Waals surface area contributed by atoms with Gasteiger partial charge in [-0.3, -0.25) is 4.72 Å². The largest absolute Gasteiger partial charge is 0.352 e. The maximum atomic E-state index is 12.4. The van der Waals surface area contributed by atoms with Crippen LogP contribution in [0.2, 0.25) is 5.02 Å². The minimum absolute atomic E-state index is 0.129. The molecule has 2 aromatic rings. The zero-order valence-electron chi connectivity index (χ0n) is 14.0. The molecule has 25 heavy (non-hydrogen) atoms. The highest BCUT2D eigenvalue weighted by Gasteiger charge is 2.22. The summed E-state index contributed by atoms with van der Waals surface area (Å²) in [4.78, 5) is 2.39. The molecule has 3 rings (SSSR count). The molecule has 0 saturated carbocycles. The normalized spacial score (nSPS) is 18.2. The highest BCUT2D eigenvalue weighted by Crippen LogP contribution is 2.25. The van der Waals surface area contributed by atoms with Crippen molar-refractivity contribution < 1.29 is 8.42 Å². The predicted octanol–water partition coefficient (Wildman–Crippen LogP) is 3.70. The molecule has 2 heterocycles. The van der Waals surface area contributed by atoms with E-state index in [0.717, 1.165) is 31.6 Å². The van der Waals surface area contributed by atoms with Crippen LogP contribution in [0.5, 0.6) is 0 Å². The van der Waals surface area contributed by atoms with Crippen molar-refractivity contribution in [1.29, 1.82) is 0 Å². The zero-order chi connectivity index (χ0) is 17.9.